The third kappa shape index (κ3) is 1.62. The number of rotatable bonds is 2. The Hall–Kier alpha value is -1.75. The molecule has 18 heavy (non-hydrogen) atoms. The van der Waals surface area contributed by atoms with E-state index in [9.17, 15) is 14.3 Å². The van der Waals surface area contributed by atoms with E-state index in [0.29, 0.717) is 17.1 Å². The minimum absolute atomic E-state index is 0.110. The molecule has 1 aliphatic carbocycles. The minimum Gasteiger partial charge on any atom is -0.392 e. The summed E-state index contributed by atoms with van der Waals surface area (Å²) >= 11 is 0. The average Bonchev–Trinajstić information content (AvgIpc) is 3.17. The lowest BCUT2D eigenvalue weighted by Gasteiger charge is -2.09. The number of aromatic amines is 1. The van der Waals surface area contributed by atoms with Crippen LogP contribution in [0, 0.1) is 12.7 Å². The van der Waals surface area contributed by atoms with Crippen molar-refractivity contribution in [1.29, 1.82) is 0 Å². The Kier molecular flexibility index (Phi) is 2.45. The summed E-state index contributed by atoms with van der Waals surface area (Å²) in [5.41, 5.74) is 1.71. The van der Waals surface area contributed by atoms with Gasteiger partial charge < -0.3 is 10.1 Å². The zero-order chi connectivity index (χ0) is 12.9. The van der Waals surface area contributed by atoms with Crippen molar-refractivity contribution < 1.29 is 9.50 Å². The highest BCUT2D eigenvalue weighted by Crippen LogP contribution is 2.43. The molecule has 94 valence electrons. The monoisotopic (exact) mass is 248 g/mol. The molecule has 1 aromatic carbocycles. The SMILES string of the molecule is Cc1nc2c(C3CC3)cc(CO)c(F)c2[nH]c1=O. The van der Waals surface area contributed by atoms with Gasteiger partial charge in [-0.15, -0.1) is 0 Å². The molecule has 0 atom stereocenters. The van der Waals surface area contributed by atoms with Crippen molar-refractivity contribution in [2.24, 2.45) is 0 Å². The third-order valence-electron chi connectivity index (χ3n) is 3.38. The van der Waals surface area contributed by atoms with Crippen molar-refractivity contribution >= 4 is 11.0 Å². The number of H-pyrrole nitrogens is 1. The first-order valence-corrected chi connectivity index (χ1v) is 5.94. The number of aryl methyl sites for hydroxylation is 1. The van der Waals surface area contributed by atoms with E-state index < -0.39 is 11.4 Å². The standard InChI is InChI=1S/C13H13FN2O2/c1-6-13(18)16-12-10(14)8(5-17)4-9(7-2-3-7)11(12)15-6/h4,7,17H,2-3,5H2,1H3,(H,16,18). The maximum atomic E-state index is 14.1. The summed E-state index contributed by atoms with van der Waals surface area (Å²) in [6.07, 6.45) is 2.09. The van der Waals surface area contributed by atoms with Crippen molar-refractivity contribution in [2.75, 3.05) is 0 Å². The van der Waals surface area contributed by atoms with Crippen LogP contribution in [0.1, 0.15) is 35.6 Å². The van der Waals surface area contributed by atoms with Gasteiger partial charge in [0.1, 0.15) is 11.2 Å². The second-order valence-corrected chi connectivity index (χ2v) is 4.75. The first-order chi connectivity index (χ1) is 8.61. The lowest BCUT2D eigenvalue weighted by atomic mass is 10.0. The fraction of sp³-hybridized carbons (Fsp3) is 0.385. The summed E-state index contributed by atoms with van der Waals surface area (Å²) in [6.45, 7) is 1.23. The van der Waals surface area contributed by atoms with E-state index >= 15 is 0 Å². The van der Waals surface area contributed by atoms with Crippen LogP contribution in [0.2, 0.25) is 0 Å². The second-order valence-electron chi connectivity index (χ2n) is 4.75. The molecule has 4 nitrogen and oxygen atoms in total. The molecule has 2 N–H and O–H groups in total. The van der Waals surface area contributed by atoms with E-state index in [1.54, 1.807) is 13.0 Å². The molecule has 1 heterocycles. The lowest BCUT2D eigenvalue weighted by molar-refractivity contribution is 0.276. The molecule has 2 aromatic rings. The van der Waals surface area contributed by atoms with Crippen LogP contribution in [0.5, 0.6) is 0 Å². The zero-order valence-electron chi connectivity index (χ0n) is 9.96. The molecule has 1 saturated carbocycles. The van der Waals surface area contributed by atoms with Crippen LogP contribution in [0.15, 0.2) is 10.9 Å². The van der Waals surface area contributed by atoms with Gasteiger partial charge in [0.2, 0.25) is 0 Å². The van der Waals surface area contributed by atoms with E-state index in [-0.39, 0.29) is 17.7 Å². The number of aromatic nitrogens is 2. The van der Waals surface area contributed by atoms with Gasteiger partial charge in [0.15, 0.2) is 5.82 Å². The lowest BCUT2D eigenvalue weighted by Crippen LogP contribution is -2.14. The van der Waals surface area contributed by atoms with E-state index in [4.69, 9.17) is 0 Å². The Morgan fingerprint density at radius 2 is 2.28 bits per heavy atom. The van der Waals surface area contributed by atoms with Gasteiger partial charge in [0.05, 0.1) is 12.1 Å². The molecular formula is C13H13FN2O2. The highest BCUT2D eigenvalue weighted by molar-refractivity contribution is 5.80. The number of fused-ring (bicyclic) bond motifs is 1. The topological polar surface area (TPSA) is 66.0 Å². The summed E-state index contributed by atoms with van der Waals surface area (Å²) in [7, 11) is 0. The van der Waals surface area contributed by atoms with Crippen LogP contribution in [0.4, 0.5) is 4.39 Å². The normalized spacial score (nSPS) is 15.3. The number of nitrogens with zero attached hydrogens (tertiary/aromatic N) is 1. The summed E-state index contributed by atoms with van der Waals surface area (Å²) in [4.78, 5) is 18.3. The minimum atomic E-state index is -0.582. The number of hydrogen-bond acceptors (Lipinski definition) is 3. The smallest absolute Gasteiger partial charge is 0.269 e. The van der Waals surface area contributed by atoms with Gasteiger partial charge in [-0.25, -0.2) is 9.37 Å². The van der Waals surface area contributed by atoms with E-state index in [0.717, 1.165) is 18.4 Å². The molecule has 1 aromatic heterocycles. The van der Waals surface area contributed by atoms with E-state index in [1.807, 2.05) is 0 Å². The molecule has 3 rings (SSSR count). The highest BCUT2D eigenvalue weighted by Gasteiger charge is 2.28. The molecule has 1 aliphatic rings. The second kappa shape index (κ2) is 3.88. The maximum absolute atomic E-state index is 14.1. The fourth-order valence-electron chi connectivity index (χ4n) is 2.21. The molecule has 1 fully saturated rings. The number of aliphatic hydroxyl groups excluding tert-OH is 1. The van der Waals surface area contributed by atoms with Crippen molar-refractivity contribution in [3.05, 3.63) is 39.1 Å². The molecule has 0 amide bonds. The molecule has 0 saturated heterocycles. The summed E-state index contributed by atoms with van der Waals surface area (Å²) in [5, 5.41) is 9.18. The molecule has 5 heteroatoms. The van der Waals surface area contributed by atoms with Crippen LogP contribution >= 0.6 is 0 Å². The van der Waals surface area contributed by atoms with Crippen molar-refractivity contribution in [2.45, 2.75) is 32.3 Å². The molecule has 0 bridgehead atoms. The number of hydrogen-bond donors (Lipinski definition) is 2. The Balaban J connectivity index is 2.42. The predicted octanol–water partition coefficient (Wildman–Crippen LogP) is 1.74. The van der Waals surface area contributed by atoms with Gasteiger partial charge in [0.25, 0.3) is 5.56 Å². The van der Waals surface area contributed by atoms with Crippen LogP contribution in [0.3, 0.4) is 0 Å². The Morgan fingerprint density at radius 3 is 2.89 bits per heavy atom. The van der Waals surface area contributed by atoms with Gasteiger partial charge in [-0.3, -0.25) is 4.79 Å². The summed E-state index contributed by atoms with van der Waals surface area (Å²) in [6, 6.07) is 1.67. The first kappa shape index (κ1) is 11.3. The van der Waals surface area contributed by atoms with Crippen molar-refractivity contribution in [1.82, 2.24) is 9.97 Å². The van der Waals surface area contributed by atoms with Crippen LogP contribution in [-0.2, 0) is 6.61 Å². The quantitative estimate of drug-likeness (QED) is 0.850. The Labute approximate surface area is 102 Å². The number of halogens is 1. The van der Waals surface area contributed by atoms with Gasteiger partial charge in [-0.1, -0.05) is 0 Å². The van der Waals surface area contributed by atoms with Crippen molar-refractivity contribution in [3.63, 3.8) is 0 Å². The number of nitrogens with one attached hydrogen (secondary N) is 1. The van der Waals surface area contributed by atoms with Gasteiger partial charge in [-0.05, 0) is 37.3 Å². The number of benzene rings is 1. The van der Waals surface area contributed by atoms with Crippen LogP contribution in [-0.4, -0.2) is 15.1 Å². The molecule has 0 unspecified atom stereocenters. The number of aliphatic hydroxyl groups is 1. The van der Waals surface area contributed by atoms with Crippen LogP contribution in [0.25, 0.3) is 11.0 Å². The average molecular weight is 248 g/mol. The van der Waals surface area contributed by atoms with Gasteiger partial charge >= 0.3 is 0 Å². The van der Waals surface area contributed by atoms with Gasteiger partial charge in [-0.2, -0.15) is 0 Å². The third-order valence-corrected chi connectivity index (χ3v) is 3.38. The Bertz CT molecular complexity index is 689. The largest absolute Gasteiger partial charge is 0.392 e. The first-order valence-electron chi connectivity index (χ1n) is 5.94. The molecule has 0 aliphatic heterocycles. The molecular weight excluding hydrogens is 235 g/mol. The van der Waals surface area contributed by atoms with Crippen molar-refractivity contribution in [3.8, 4) is 0 Å². The van der Waals surface area contributed by atoms with Gasteiger partial charge in [0, 0.05) is 5.56 Å². The zero-order valence-corrected chi connectivity index (χ0v) is 9.96. The predicted molar refractivity (Wildman–Crippen MR) is 65.0 cm³/mol. The molecule has 0 radical (unpaired) electrons. The van der Waals surface area contributed by atoms with E-state index in [1.165, 1.54) is 0 Å². The highest BCUT2D eigenvalue weighted by atomic mass is 19.1. The summed E-state index contributed by atoms with van der Waals surface area (Å²) in [5.74, 6) is -0.210. The Morgan fingerprint density at radius 1 is 1.56 bits per heavy atom. The van der Waals surface area contributed by atoms with E-state index in [2.05, 4.69) is 9.97 Å². The van der Waals surface area contributed by atoms with Crippen LogP contribution < -0.4 is 5.56 Å². The summed E-state index contributed by atoms with van der Waals surface area (Å²) < 4.78 is 14.1. The molecule has 0 spiro atoms. The fourth-order valence-corrected chi connectivity index (χ4v) is 2.21. The maximum Gasteiger partial charge on any atom is 0.269 e.